The SMILES string of the molecule is CCc1ccccc1NC(=O)CN1CCN(C(=O)/C=C/c2ccccn2)CC1. The zero-order valence-corrected chi connectivity index (χ0v) is 16.2. The van der Waals surface area contributed by atoms with Crippen LogP contribution in [-0.2, 0) is 16.0 Å². The van der Waals surface area contributed by atoms with Gasteiger partial charge in [0.05, 0.1) is 12.2 Å². The minimum Gasteiger partial charge on any atom is -0.337 e. The van der Waals surface area contributed by atoms with E-state index in [0.29, 0.717) is 32.7 Å². The summed E-state index contributed by atoms with van der Waals surface area (Å²) in [6, 6.07) is 13.5. The van der Waals surface area contributed by atoms with Crippen LogP contribution in [0, 0.1) is 0 Å². The molecule has 1 N–H and O–H groups in total. The second-order valence-electron chi connectivity index (χ2n) is 6.75. The van der Waals surface area contributed by atoms with Crippen molar-refractivity contribution in [2.45, 2.75) is 13.3 Å². The van der Waals surface area contributed by atoms with Gasteiger partial charge in [0.15, 0.2) is 0 Å². The first-order valence-electron chi connectivity index (χ1n) is 9.64. The fourth-order valence-corrected chi connectivity index (χ4v) is 3.21. The molecule has 1 saturated heterocycles. The molecule has 2 aromatic rings. The van der Waals surface area contributed by atoms with Gasteiger partial charge in [-0.3, -0.25) is 19.5 Å². The number of hydrogen-bond donors (Lipinski definition) is 1. The van der Waals surface area contributed by atoms with E-state index in [9.17, 15) is 9.59 Å². The van der Waals surface area contributed by atoms with Gasteiger partial charge in [-0.15, -0.1) is 0 Å². The number of aromatic nitrogens is 1. The Kier molecular flexibility index (Phi) is 6.92. The highest BCUT2D eigenvalue weighted by molar-refractivity contribution is 5.93. The molecule has 0 radical (unpaired) electrons. The molecule has 146 valence electrons. The van der Waals surface area contributed by atoms with E-state index >= 15 is 0 Å². The molecule has 0 bridgehead atoms. The topological polar surface area (TPSA) is 65.5 Å². The van der Waals surface area contributed by atoms with Gasteiger partial charge in [0.25, 0.3) is 0 Å². The van der Waals surface area contributed by atoms with Crippen LogP contribution in [0.1, 0.15) is 18.2 Å². The van der Waals surface area contributed by atoms with Crippen LogP contribution < -0.4 is 5.32 Å². The van der Waals surface area contributed by atoms with Gasteiger partial charge in [-0.2, -0.15) is 0 Å². The van der Waals surface area contributed by atoms with Crippen LogP contribution in [0.3, 0.4) is 0 Å². The largest absolute Gasteiger partial charge is 0.337 e. The molecular weight excluding hydrogens is 352 g/mol. The molecule has 1 fully saturated rings. The van der Waals surface area contributed by atoms with Gasteiger partial charge in [-0.05, 0) is 36.3 Å². The lowest BCUT2D eigenvalue weighted by molar-refractivity contribution is -0.127. The molecule has 1 aromatic heterocycles. The van der Waals surface area contributed by atoms with E-state index in [1.54, 1.807) is 23.2 Å². The monoisotopic (exact) mass is 378 g/mol. The van der Waals surface area contributed by atoms with E-state index in [2.05, 4.69) is 22.1 Å². The summed E-state index contributed by atoms with van der Waals surface area (Å²) in [4.78, 5) is 32.8. The molecule has 28 heavy (non-hydrogen) atoms. The third-order valence-corrected chi connectivity index (χ3v) is 4.81. The number of carbonyl (C=O) groups is 2. The van der Waals surface area contributed by atoms with Crippen LogP contribution in [0.5, 0.6) is 0 Å². The van der Waals surface area contributed by atoms with Crippen molar-refractivity contribution in [2.24, 2.45) is 0 Å². The zero-order valence-electron chi connectivity index (χ0n) is 16.2. The lowest BCUT2D eigenvalue weighted by atomic mass is 10.1. The smallest absolute Gasteiger partial charge is 0.246 e. The van der Waals surface area contributed by atoms with Crippen molar-refractivity contribution in [3.63, 3.8) is 0 Å². The molecule has 0 unspecified atom stereocenters. The Morgan fingerprint density at radius 3 is 2.54 bits per heavy atom. The van der Waals surface area contributed by atoms with Crippen LogP contribution in [0.15, 0.2) is 54.7 Å². The number of benzene rings is 1. The number of hydrogen-bond acceptors (Lipinski definition) is 4. The molecule has 6 nitrogen and oxygen atoms in total. The Bertz CT molecular complexity index is 827. The van der Waals surface area contributed by atoms with Crippen molar-refractivity contribution >= 4 is 23.6 Å². The first kappa shape index (κ1) is 19.8. The van der Waals surface area contributed by atoms with E-state index in [1.165, 1.54) is 0 Å². The van der Waals surface area contributed by atoms with Crippen LogP contribution in [0.25, 0.3) is 6.08 Å². The highest BCUT2D eigenvalue weighted by Crippen LogP contribution is 2.15. The Labute approximate surface area is 165 Å². The van der Waals surface area contributed by atoms with Crippen molar-refractivity contribution < 1.29 is 9.59 Å². The van der Waals surface area contributed by atoms with E-state index < -0.39 is 0 Å². The van der Waals surface area contributed by atoms with E-state index in [0.717, 1.165) is 23.4 Å². The van der Waals surface area contributed by atoms with Gasteiger partial charge in [0.2, 0.25) is 11.8 Å². The predicted molar refractivity (Wildman–Crippen MR) is 111 cm³/mol. The number of pyridine rings is 1. The quantitative estimate of drug-likeness (QED) is 0.784. The fraction of sp³-hybridized carbons (Fsp3) is 0.318. The Hall–Kier alpha value is -2.99. The van der Waals surface area contributed by atoms with Crippen molar-refractivity contribution in [3.8, 4) is 0 Å². The number of amides is 2. The third-order valence-electron chi connectivity index (χ3n) is 4.81. The van der Waals surface area contributed by atoms with Crippen molar-refractivity contribution in [1.29, 1.82) is 0 Å². The number of aryl methyl sites for hydroxylation is 1. The van der Waals surface area contributed by atoms with Crippen LogP contribution in [0.2, 0.25) is 0 Å². The first-order valence-corrected chi connectivity index (χ1v) is 9.64. The Morgan fingerprint density at radius 1 is 1.07 bits per heavy atom. The molecule has 1 aliphatic heterocycles. The molecule has 1 aliphatic rings. The minimum atomic E-state index is -0.0216. The molecule has 2 amide bonds. The van der Waals surface area contributed by atoms with Gasteiger partial charge in [0.1, 0.15) is 0 Å². The van der Waals surface area contributed by atoms with E-state index in [-0.39, 0.29) is 11.8 Å². The van der Waals surface area contributed by atoms with Crippen molar-refractivity contribution in [3.05, 3.63) is 66.0 Å². The normalized spacial score (nSPS) is 15.0. The fourth-order valence-electron chi connectivity index (χ4n) is 3.21. The third kappa shape index (κ3) is 5.50. The molecular formula is C22H26N4O2. The predicted octanol–water partition coefficient (Wildman–Crippen LogP) is 2.44. The molecule has 0 saturated carbocycles. The summed E-state index contributed by atoms with van der Waals surface area (Å²) in [5.74, 6) is -0.0395. The Morgan fingerprint density at radius 2 is 1.82 bits per heavy atom. The Balaban J connectivity index is 1.45. The lowest BCUT2D eigenvalue weighted by Crippen LogP contribution is -2.50. The summed E-state index contributed by atoms with van der Waals surface area (Å²) >= 11 is 0. The maximum Gasteiger partial charge on any atom is 0.246 e. The molecule has 0 spiro atoms. The summed E-state index contributed by atoms with van der Waals surface area (Å²) in [5.41, 5.74) is 2.77. The van der Waals surface area contributed by atoms with Gasteiger partial charge in [0, 0.05) is 44.1 Å². The van der Waals surface area contributed by atoms with Gasteiger partial charge in [-0.1, -0.05) is 31.2 Å². The standard InChI is InChI=1S/C22H26N4O2/c1-2-18-7-3-4-9-20(18)24-21(27)17-25-13-15-26(16-14-25)22(28)11-10-19-8-5-6-12-23-19/h3-12H,2,13-17H2,1H3,(H,24,27)/b11-10+. The van der Waals surface area contributed by atoms with E-state index in [1.807, 2.05) is 42.5 Å². The number of piperazine rings is 1. The second kappa shape index (κ2) is 9.80. The number of para-hydroxylation sites is 1. The zero-order chi connectivity index (χ0) is 19.8. The molecule has 6 heteroatoms. The summed E-state index contributed by atoms with van der Waals surface area (Å²) in [6.07, 6.45) is 5.87. The van der Waals surface area contributed by atoms with Gasteiger partial charge < -0.3 is 10.2 Å². The number of anilines is 1. The molecule has 0 atom stereocenters. The van der Waals surface area contributed by atoms with Crippen LogP contribution in [-0.4, -0.2) is 59.3 Å². The number of nitrogens with zero attached hydrogens (tertiary/aromatic N) is 3. The van der Waals surface area contributed by atoms with Gasteiger partial charge in [-0.25, -0.2) is 0 Å². The molecule has 1 aromatic carbocycles. The van der Waals surface area contributed by atoms with Crippen LogP contribution in [0.4, 0.5) is 5.69 Å². The van der Waals surface area contributed by atoms with Crippen LogP contribution >= 0.6 is 0 Å². The van der Waals surface area contributed by atoms with Gasteiger partial charge >= 0.3 is 0 Å². The average Bonchev–Trinajstić information content (AvgIpc) is 2.73. The molecule has 0 aliphatic carbocycles. The maximum absolute atomic E-state index is 12.4. The second-order valence-corrected chi connectivity index (χ2v) is 6.75. The molecule has 2 heterocycles. The number of carbonyl (C=O) groups excluding carboxylic acids is 2. The highest BCUT2D eigenvalue weighted by atomic mass is 16.2. The molecule has 3 rings (SSSR count). The number of rotatable bonds is 6. The first-order chi connectivity index (χ1) is 13.7. The summed E-state index contributed by atoms with van der Waals surface area (Å²) in [7, 11) is 0. The average molecular weight is 378 g/mol. The van der Waals surface area contributed by atoms with Crippen molar-refractivity contribution in [2.75, 3.05) is 38.0 Å². The summed E-state index contributed by atoms with van der Waals surface area (Å²) in [5, 5.41) is 3.00. The minimum absolute atomic E-state index is 0.0178. The van der Waals surface area contributed by atoms with E-state index in [4.69, 9.17) is 0 Å². The maximum atomic E-state index is 12.4. The summed E-state index contributed by atoms with van der Waals surface area (Å²) in [6.45, 7) is 5.01. The summed E-state index contributed by atoms with van der Waals surface area (Å²) < 4.78 is 0. The number of nitrogens with one attached hydrogen (secondary N) is 1. The highest BCUT2D eigenvalue weighted by Gasteiger charge is 2.21. The van der Waals surface area contributed by atoms with Crippen molar-refractivity contribution in [1.82, 2.24) is 14.8 Å². The lowest BCUT2D eigenvalue weighted by Gasteiger charge is -2.33.